The molecule has 2 saturated carbocycles. The lowest BCUT2D eigenvalue weighted by Crippen LogP contribution is -2.26. The van der Waals surface area contributed by atoms with E-state index < -0.39 is 0 Å². The van der Waals surface area contributed by atoms with Gasteiger partial charge in [-0.1, -0.05) is 0 Å². The van der Waals surface area contributed by atoms with Gasteiger partial charge in [0.05, 0.1) is 0 Å². The van der Waals surface area contributed by atoms with Crippen LogP contribution in [0.3, 0.4) is 0 Å². The molecule has 0 amide bonds. The highest BCUT2D eigenvalue weighted by atomic mass is 14.7. The minimum Gasteiger partial charge on any atom is -0.327 e. The summed E-state index contributed by atoms with van der Waals surface area (Å²) in [5, 5.41) is 0. The summed E-state index contributed by atoms with van der Waals surface area (Å²) in [6, 6.07) is 0.546. The van der Waals surface area contributed by atoms with Crippen LogP contribution in [0.1, 0.15) is 19.3 Å². The van der Waals surface area contributed by atoms with Gasteiger partial charge in [0.1, 0.15) is 0 Å². The van der Waals surface area contributed by atoms with Crippen molar-refractivity contribution in [3.05, 3.63) is 6.42 Å². The van der Waals surface area contributed by atoms with Gasteiger partial charge < -0.3 is 5.73 Å². The lowest BCUT2D eigenvalue weighted by atomic mass is 9.96. The Labute approximate surface area is 50.3 Å². The standard InChI is InChI=1S/C7H12N/c8-7-4-5-1-2-6(7)3-5/h1,5-7H,2-4,8H2. The molecule has 0 aliphatic heterocycles. The molecule has 0 heterocycles. The van der Waals surface area contributed by atoms with Crippen LogP contribution in [0.25, 0.3) is 0 Å². The highest BCUT2D eigenvalue weighted by Crippen LogP contribution is 2.42. The second kappa shape index (κ2) is 1.47. The first kappa shape index (κ1) is 4.80. The van der Waals surface area contributed by atoms with E-state index in [1.807, 2.05) is 0 Å². The van der Waals surface area contributed by atoms with Crippen molar-refractivity contribution in [2.45, 2.75) is 25.3 Å². The Morgan fingerprint density at radius 3 is 2.50 bits per heavy atom. The fourth-order valence-electron chi connectivity index (χ4n) is 2.03. The van der Waals surface area contributed by atoms with Gasteiger partial charge in [-0.05, 0) is 37.5 Å². The third-order valence-electron chi connectivity index (χ3n) is 2.56. The van der Waals surface area contributed by atoms with E-state index in [4.69, 9.17) is 5.73 Å². The SMILES string of the molecule is NC1CC2[CH]CC1C2. The number of nitrogens with two attached hydrogens (primary N) is 1. The molecule has 0 aromatic heterocycles. The summed E-state index contributed by atoms with van der Waals surface area (Å²) in [4.78, 5) is 0. The van der Waals surface area contributed by atoms with Gasteiger partial charge in [-0.25, -0.2) is 0 Å². The van der Waals surface area contributed by atoms with E-state index in [1.54, 1.807) is 0 Å². The van der Waals surface area contributed by atoms with Gasteiger partial charge in [-0.3, -0.25) is 0 Å². The molecule has 3 unspecified atom stereocenters. The van der Waals surface area contributed by atoms with Crippen molar-refractivity contribution in [3.63, 3.8) is 0 Å². The second-order valence-electron chi connectivity index (χ2n) is 3.13. The molecular weight excluding hydrogens is 98.1 g/mol. The topological polar surface area (TPSA) is 26.0 Å². The van der Waals surface area contributed by atoms with E-state index >= 15 is 0 Å². The first-order chi connectivity index (χ1) is 3.86. The van der Waals surface area contributed by atoms with Crippen molar-refractivity contribution in [3.8, 4) is 0 Å². The van der Waals surface area contributed by atoms with E-state index in [-0.39, 0.29) is 0 Å². The average Bonchev–Trinajstić information content (AvgIpc) is 2.23. The number of fused-ring (bicyclic) bond motifs is 2. The minimum absolute atomic E-state index is 0.546. The number of hydrogen-bond donors (Lipinski definition) is 1. The molecule has 0 aromatic carbocycles. The highest BCUT2D eigenvalue weighted by Gasteiger charge is 2.37. The monoisotopic (exact) mass is 110 g/mol. The van der Waals surface area contributed by atoms with Gasteiger partial charge in [0.25, 0.3) is 0 Å². The van der Waals surface area contributed by atoms with Crippen LogP contribution in [0.2, 0.25) is 0 Å². The van der Waals surface area contributed by atoms with E-state index in [0.29, 0.717) is 6.04 Å². The Morgan fingerprint density at radius 2 is 2.25 bits per heavy atom. The van der Waals surface area contributed by atoms with Gasteiger partial charge in [-0.2, -0.15) is 0 Å². The Balaban J connectivity index is 2.11. The molecule has 1 radical (unpaired) electrons. The van der Waals surface area contributed by atoms with Crippen LogP contribution in [0.5, 0.6) is 0 Å². The third-order valence-corrected chi connectivity index (χ3v) is 2.56. The lowest BCUT2D eigenvalue weighted by Gasteiger charge is -2.15. The number of hydrogen-bond acceptors (Lipinski definition) is 1. The summed E-state index contributed by atoms with van der Waals surface area (Å²) in [7, 11) is 0. The van der Waals surface area contributed by atoms with Crippen LogP contribution in [0.15, 0.2) is 0 Å². The molecule has 2 bridgehead atoms. The Kier molecular flexibility index (Phi) is 0.884. The van der Waals surface area contributed by atoms with Crippen LogP contribution in [-0.2, 0) is 0 Å². The van der Waals surface area contributed by atoms with Crippen molar-refractivity contribution < 1.29 is 0 Å². The molecule has 2 aliphatic rings. The predicted molar refractivity (Wildman–Crippen MR) is 33.1 cm³/mol. The molecule has 2 aliphatic carbocycles. The zero-order chi connectivity index (χ0) is 5.56. The van der Waals surface area contributed by atoms with Crippen molar-refractivity contribution in [1.82, 2.24) is 0 Å². The normalized spacial score (nSPS) is 52.9. The van der Waals surface area contributed by atoms with Gasteiger partial charge in [0.2, 0.25) is 0 Å². The Hall–Kier alpha value is -0.0400. The summed E-state index contributed by atoms with van der Waals surface area (Å²) < 4.78 is 0. The molecule has 2 rings (SSSR count). The molecule has 1 heteroatoms. The van der Waals surface area contributed by atoms with Crippen molar-refractivity contribution in [1.29, 1.82) is 0 Å². The summed E-state index contributed by atoms with van der Waals surface area (Å²) in [5.74, 6) is 1.76. The first-order valence-corrected chi connectivity index (χ1v) is 3.45. The second-order valence-corrected chi connectivity index (χ2v) is 3.13. The molecule has 3 atom stereocenters. The summed E-state index contributed by atoms with van der Waals surface area (Å²) in [6.07, 6.45) is 6.39. The molecule has 2 N–H and O–H groups in total. The molecular formula is C7H12N. The average molecular weight is 110 g/mol. The van der Waals surface area contributed by atoms with Crippen LogP contribution in [0.4, 0.5) is 0 Å². The third kappa shape index (κ3) is 0.510. The highest BCUT2D eigenvalue weighted by molar-refractivity contribution is 5.01. The Bertz CT molecular complexity index is 98.6. The van der Waals surface area contributed by atoms with Crippen LogP contribution in [0, 0.1) is 18.3 Å². The smallest absolute Gasteiger partial charge is 0.00701 e. The van der Waals surface area contributed by atoms with E-state index in [2.05, 4.69) is 6.42 Å². The quantitative estimate of drug-likeness (QED) is 0.493. The largest absolute Gasteiger partial charge is 0.327 e. The molecule has 1 nitrogen and oxygen atoms in total. The molecule has 8 heavy (non-hydrogen) atoms. The predicted octanol–water partition coefficient (Wildman–Crippen LogP) is 0.948. The maximum absolute atomic E-state index is 5.80. The molecule has 0 spiro atoms. The van der Waals surface area contributed by atoms with Gasteiger partial charge >= 0.3 is 0 Å². The van der Waals surface area contributed by atoms with Crippen LogP contribution < -0.4 is 5.73 Å². The fourth-order valence-corrected chi connectivity index (χ4v) is 2.03. The van der Waals surface area contributed by atoms with E-state index in [9.17, 15) is 0 Å². The zero-order valence-electron chi connectivity index (χ0n) is 5.01. The van der Waals surface area contributed by atoms with E-state index in [0.717, 1.165) is 11.8 Å². The van der Waals surface area contributed by atoms with Gasteiger partial charge in [-0.15, -0.1) is 0 Å². The molecule has 0 aromatic rings. The maximum Gasteiger partial charge on any atom is 0.00701 e. The van der Waals surface area contributed by atoms with Crippen molar-refractivity contribution in [2.75, 3.05) is 0 Å². The lowest BCUT2D eigenvalue weighted by molar-refractivity contribution is 0.471. The summed E-state index contributed by atoms with van der Waals surface area (Å²) in [5.41, 5.74) is 5.80. The molecule has 0 saturated heterocycles. The molecule has 45 valence electrons. The Morgan fingerprint density at radius 1 is 1.38 bits per heavy atom. The molecule has 2 fully saturated rings. The van der Waals surface area contributed by atoms with Crippen LogP contribution >= 0.6 is 0 Å². The number of rotatable bonds is 0. The summed E-state index contributed by atoms with van der Waals surface area (Å²) in [6.45, 7) is 0. The zero-order valence-corrected chi connectivity index (χ0v) is 5.01. The first-order valence-electron chi connectivity index (χ1n) is 3.45. The van der Waals surface area contributed by atoms with E-state index in [1.165, 1.54) is 19.3 Å². The van der Waals surface area contributed by atoms with Gasteiger partial charge in [0.15, 0.2) is 0 Å². The van der Waals surface area contributed by atoms with Crippen molar-refractivity contribution >= 4 is 0 Å². The van der Waals surface area contributed by atoms with Gasteiger partial charge in [0, 0.05) is 6.04 Å². The van der Waals surface area contributed by atoms with Crippen molar-refractivity contribution in [2.24, 2.45) is 17.6 Å². The van der Waals surface area contributed by atoms with Crippen LogP contribution in [-0.4, -0.2) is 6.04 Å². The summed E-state index contributed by atoms with van der Waals surface area (Å²) >= 11 is 0. The maximum atomic E-state index is 5.80. The fraction of sp³-hybridized carbons (Fsp3) is 0.857. The minimum atomic E-state index is 0.546.